The minimum absolute atomic E-state index is 0.0482. The van der Waals surface area contributed by atoms with E-state index in [9.17, 15) is 13.2 Å². The molecule has 1 amide bonds. The van der Waals surface area contributed by atoms with E-state index in [1.165, 1.54) is 19.3 Å². The van der Waals surface area contributed by atoms with Crippen LogP contribution in [0, 0.1) is 0 Å². The van der Waals surface area contributed by atoms with Crippen molar-refractivity contribution in [1.82, 2.24) is 5.32 Å². The van der Waals surface area contributed by atoms with Crippen molar-refractivity contribution in [2.75, 3.05) is 18.9 Å². The molecule has 0 heterocycles. The quantitative estimate of drug-likeness (QED) is 0.692. The van der Waals surface area contributed by atoms with Crippen LogP contribution in [0.5, 0.6) is 0 Å². The van der Waals surface area contributed by atoms with Crippen molar-refractivity contribution in [3.8, 4) is 0 Å². The van der Waals surface area contributed by atoms with E-state index in [4.69, 9.17) is 4.74 Å². The normalized spacial score (nSPS) is 16.0. The highest BCUT2D eigenvalue weighted by molar-refractivity contribution is 7.90. The van der Waals surface area contributed by atoms with E-state index >= 15 is 0 Å². The number of benzene rings is 1. The minimum atomic E-state index is -3.14. The molecule has 0 unspecified atom stereocenters. The van der Waals surface area contributed by atoms with Gasteiger partial charge in [-0.05, 0) is 24.8 Å². The molecule has 6 heteroatoms. The average Bonchev–Trinajstić information content (AvgIpc) is 2.58. The summed E-state index contributed by atoms with van der Waals surface area (Å²) in [6.45, 7) is 0.433. The molecule has 5 nitrogen and oxygen atoms in total. The van der Waals surface area contributed by atoms with Crippen LogP contribution in [0.3, 0.4) is 0 Å². The molecule has 1 aromatic carbocycles. The molecule has 134 valence electrons. The van der Waals surface area contributed by atoms with Gasteiger partial charge in [0.2, 0.25) is 5.91 Å². The second kappa shape index (κ2) is 9.79. The molecule has 0 aromatic heterocycles. The average molecular weight is 353 g/mol. The zero-order valence-electron chi connectivity index (χ0n) is 14.1. The number of hydrogen-bond donors (Lipinski definition) is 1. The van der Waals surface area contributed by atoms with Crippen LogP contribution in [0.25, 0.3) is 0 Å². The second-order valence-corrected chi connectivity index (χ2v) is 8.54. The Morgan fingerprint density at radius 2 is 1.83 bits per heavy atom. The Morgan fingerprint density at radius 1 is 1.12 bits per heavy atom. The lowest BCUT2D eigenvalue weighted by Crippen LogP contribution is -2.31. The number of carbonyl (C=O) groups excluding carboxylic acids is 1. The highest BCUT2D eigenvalue weighted by atomic mass is 32.2. The van der Waals surface area contributed by atoms with E-state index in [0.717, 1.165) is 18.4 Å². The summed E-state index contributed by atoms with van der Waals surface area (Å²) < 4.78 is 29.7. The van der Waals surface area contributed by atoms with Gasteiger partial charge in [0.15, 0.2) is 9.84 Å². The summed E-state index contributed by atoms with van der Waals surface area (Å²) in [7, 11) is -3.14. The van der Waals surface area contributed by atoms with Gasteiger partial charge in [-0.1, -0.05) is 49.6 Å². The number of sulfone groups is 1. The first-order chi connectivity index (χ1) is 11.6. The molecule has 0 aliphatic heterocycles. The van der Waals surface area contributed by atoms with Crippen molar-refractivity contribution in [1.29, 1.82) is 0 Å². The fourth-order valence-corrected chi connectivity index (χ4v) is 4.33. The van der Waals surface area contributed by atoms with Gasteiger partial charge in [-0.25, -0.2) is 8.42 Å². The van der Waals surface area contributed by atoms with Gasteiger partial charge < -0.3 is 10.1 Å². The van der Waals surface area contributed by atoms with Crippen LogP contribution < -0.4 is 5.32 Å². The summed E-state index contributed by atoms with van der Waals surface area (Å²) >= 11 is 0. The monoisotopic (exact) mass is 353 g/mol. The highest BCUT2D eigenvalue weighted by Gasteiger charge is 2.15. The van der Waals surface area contributed by atoms with Gasteiger partial charge in [-0.2, -0.15) is 0 Å². The minimum Gasteiger partial charge on any atom is -0.368 e. The molecule has 1 saturated carbocycles. The third-order valence-corrected chi connectivity index (χ3v) is 5.87. The van der Waals surface area contributed by atoms with Crippen LogP contribution in [0.4, 0.5) is 0 Å². The van der Waals surface area contributed by atoms with Crippen LogP contribution in [-0.4, -0.2) is 39.3 Å². The largest absolute Gasteiger partial charge is 0.368 e. The number of ether oxygens (including phenoxy) is 1. The van der Waals surface area contributed by atoms with Gasteiger partial charge in [-0.3, -0.25) is 4.79 Å². The molecule has 1 aromatic rings. The third-order valence-electron chi connectivity index (χ3n) is 4.19. The zero-order chi connectivity index (χ0) is 17.3. The topological polar surface area (TPSA) is 72.5 Å². The maximum atomic E-state index is 12.0. The Morgan fingerprint density at radius 3 is 2.54 bits per heavy atom. The molecule has 24 heavy (non-hydrogen) atoms. The Hall–Kier alpha value is -1.40. The first-order valence-corrected chi connectivity index (χ1v) is 10.5. The van der Waals surface area contributed by atoms with Crippen LogP contribution in [0.1, 0.15) is 44.1 Å². The maximum Gasteiger partial charge on any atom is 0.246 e. The fraction of sp³-hybridized carbons (Fsp3) is 0.611. The van der Waals surface area contributed by atoms with E-state index in [2.05, 4.69) is 5.32 Å². The van der Waals surface area contributed by atoms with E-state index in [0.29, 0.717) is 13.0 Å². The molecular weight excluding hydrogens is 326 g/mol. The first kappa shape index (κ1) is 18.9. The second-order valence-electron chi connectivity index (χ2n) is 6.35. The lowest BCUT2D eigenvalue weighted by molar-refractivity contribution is -0.128. The summed E-state index contributed by atoms with van der Waals surface area (Å²) in [5.41, 5.74) is 0.794. The third kappa shape index (κ3) is 7.45. The van der Waals surface area contributed by atoms with Crippen molar-refractivity contribution >= 4 is 15.7 Å². The highest BCUT2D eigenvalue weighted by Crippen LogP contribution is 2.19. The van der Waals surface area contributed by atoms with E-state index in [1.54, 1.807) is 0 Å². The Labute approximate surface area is 144 Å². The van der Waals surface area contributed by atoms with E-state index in [1.807, 2.05) is 30.3 Å². The number of carbonyl (C=O) groups is 1. The summed E-state index contributed by atoms with van der Waals surface area (Å²) in [6, 6.07) is 9.14. The first-order valence-electron chi connectivity index (χ1n) is 8.68. The smallest absolute Gasteiger partial charge is 0.246 e. The van der Waals surface area contributed by atoms with Crippen LogP contribution in [-0.2, 0) is 25.1 Å². The Bertz CT molecular complexity index is 595. The number of nitrogens with one attached hydrogen (secondary N) is 1. The van der Waals surface area contributed by atoms with Crippen molar-refractivity contribution < 1.29 is 17.9 Å². The standard InChI is InChI=1S/C18H27NO4S/c20-18(14-23-17-10-5-2-6-11-17)19-12-7-13-24(21,22)15-16-8-3-1-4-9-16/h1,3-4,8-9,17H,2,5-7,10-15H2,(H,19,20). The number of rotatable bonds is 9. The molecule has 2 rings (SSSR count). The van der Waals surface area contributed by atoms with Crippen LogP contribution in [0.2, 0.25) is 0 Å². The molecule has 1 fully saturated rings. The predicted molar refractivity (Wildman–Crippen MR) is 94.4 cm³/mol. The predicted octanol–water partition coefficient (Wildman–Crippen LogP) is 2.46. The zero-order valence-corrected chi connectivity index (χ0v) is 14.9. The Balaban J connectivity index is 1.58. The molecule has 1 aliphatic rings. The maximum absolute atomic E-state index is 12.0. The van der Waals surface area contributed by atoms with Gasteiger partial charge in [0.25, 0.3) is 0 Å². The van der Waals surface area contributed by atoms with E-state index < -0.39 is 9.84 Å². The number of hydrogen-bond acceptors (Lipinski definition) is 4. The van der Waals surface area contributed by atoms with Gasteiger partial charge in [0.05, 0.1) is 17.6 Å². The molecule has 0 bridgehead atoms. The molecule has 1 aliphatic carbocycles. The summed E-state index contributed by atoms with van der Waals surface area (Å²) in [4.78, 5) is 11.7. The molecule has 0 radical (unpaired) electrons. The molecule has 0 atom stereocenters. The van der Waals surface area contributed by atoms with Gasteiger partial charge in [0, 0.05) is 6.54 Å². The van der Waals surface area contributed by atoms with Crippen LogP contribution >= 0.6 is 0 Å². The summed E-state index contributed by atoms with van der Waals surface area (Å²) in [6.07, 6.45) is 6.29. The summed E-state index contributed by atoms with van der Waals surface area (Å²) in [5, 5.41) is 2.73. The lowest BCUT2D eigenvalue weighted by Gasteiger charge is -2.21. The molecule has 1 N–H and O–H groups in total. The Kier molecular flexibility index (Phi) is 7.72. The van der Waals surface area contributed by atoms with Gasteiger partial charge in [-0.15, -0.1) is 0 Å². The molecular formula is C18H27NO4S. The van der Waals surface area contributed by atoms with Gasteiger partial charge in [0.1, 0.15) is 6.61 Å². The van der Waals surface area contributed by atoms with Crippen molar-refractivity contribution in [3.63, 3.8) is 0 Å². The molecule has 0 spiro atoms. The number of amides is 1. The van der Waals surface area contributed by atoms with Crippen molar-refractivity contribution in [2.45, 2.75) is 50.4 Å². The van der Waals surface area contributed by atoms with E-state index in [-0.39, 0.29) is 30.1 Å². The lowest BCUT2D eigenvalue weighted by atomic mass is 9.98. The van der Waals surface area contributed by atoms with Gasteiger partial charge >= 0.3 is 0 Å². The van der Waals surface area contributed by atoms with Crippen molar-refractivity contribution in [3.05, 3.63) is 35.9 Å². The summed E-state index contributed by atoms with van der Waals surface area (Å²) in [5.74, 6) is -0.0425. The van der Waals surface area contributed by atoms with Crippen molar-refractivity contribution in [2.24, 2.45) is 0 Å². The fourth-order valence-electron chi connectivity index (χ4n) is 2.90. The SMILES string of the molecule is O=C(COC1CCCCC1)NCCCS(=O)(=O)Cc1ccccc1. The van der Waals surface area contributed by atoms with Crippen LogP contribution in [0.15, 0.2) is 30.3 Å². The molecule has 0 saturated heterocycles.